The zero-order chi connectivity index (χ0) is 10.4. The van der Waals surface area contributed by atoms with Crippen LogP contribution in [0.2, 0.25) is 0 Å². The molecule has 1 atom stereocenters. The van der Waals surface area contributed by atoms with E-state index < -0.39 is 0 Å². The van der Waals surface area contributed by atoms with Crippen molar-refractivity contribution in [2.75, 3.05) is 6.61 Å². The molecule has 1 radical (unpaired) electrons. The van der Waals surface area contributed by atoms with Crippen LogP contribution in [0.15, 0.2) is 30.3 Å². The summed E-state index contributed by atoms with van der Waals surface area (Å²) < 4.78 is 0. The van der Waals surface area contributed by atoms with Crippen molar-refractivity contribution in [1.82, 2.24) is 5.06 Å². The molecule has 0 aliphatic heterocycles. The number of hydrogen-bond donors (Lipinski definition) is 1. The Labute approximate surface area is 84.6 Å². The minimum Gasteiger partial charge on any atom is -0.395 e. The summed E-state index contributed by atoms with van der Waals surface area (Å²) in [6.45, 7) is 2.17. The summed E-state index contributed by atoms with van der Waals surface area (Å²) in [7, 11) is 0. The Kier molecular flexibility index (Phi) is 4.59. The highest BCUT2D eigenvalue weighted by molar-refractivity contribution is 5.14. The van der Waals surface area contributed by atoms with Gasteiger partial charge in [-0.3, -0.25) is 0 Å². The van der Waals surface area contributed by atoms with Crippen LogP contribution >= 0.6 is 0 Å². The minimum atomic E-state index is -0.282. The van der Waals surface area contributed by atoms with Crippen molar-refractivity contribution in [3.05, 3.63) is 35.9 Å². The van der Waals surface area contributed by atoms with Crippen LogP contribution in [0.1, 0.15) is 18.9 Å². The Balaban J connectivity index is 2.52. The lowest BCUT2D eigenvalue weighted by molar-refractivity contribution is -0.202. The van der Waals surface area contributed by atoms with Crippen molar-refractivity contribution in [3.8, 4) is 0 Å². The van der Waals surface area contributed by atoms with E-state index in [4.69, 9.17) is 5.11 Å². The fourth-order valence-corrected chi connectivity index (χ4v) is 1.32. The number of benzene rings is 1. The zero-order valence-corrected chi connectivity index (χ0v) is 8.39. The van der Waals surface area contributed by atoms with Gasteiger partial charge in [-0.25, -0.2) is 0 Å². The van der Waals surface area contributed by atoms with E-state index in [9.17, 15) is 5.21 Å². The summed E-state index contributed by atoms with van der Waals surface area (Å²) in [6.07, 6.45) is 0.673. The molecule has 0 aromatic heterocycles. The van der Waals surface area contributed by atoms with E-state index in [-0.39, 0.29) is 12.6 Å². The quantitative estimate of drug-likeness (QED) is 0.723. The maximum absolute atomic E-state index is 11.5. The van der Waals surface area contributed by atoms with Crippen LogP contribution in [-0.2, 0) is 11.8 Å². The largest absolute Gasteiger partial charge is 0.395 e. The molecule has 0 unspecified atom stereocenters. The van der Waals surface area contributed by atoms with E-state index in [1.54, 1.807) is 0 Å². The minimum absolute atomic E-state index is 0.0766. The molecule has 1 aromatic carbocycles. The topological polar surface area (TPSA) is 43.4 Å². The van der Waals surface area contributed by atoms with Gasteiger partial charge in [-0.1, -0.05) is 37.3 Å². The predicted octanol–water partition coefficient (Wildman–Crippen LogP) is 1.60. The highest BCUT2D eigenvalue weighted by Gasteiger charge is 2.14. The van der Waals surface area contributed by atoms with Crippen molar-refractivity contribution >= 4 is 0 Å². The molecule has 3 heteroatoms. The number of aliphatic hydroxyl groups excluding tert-OH is 1. The molecule has 1 N–H and O–H groups in total. The number of hydroxylamine groups is 2. The highest BCUT2D eigenvalue weighted by atomic mass is 16.5. The van der Waals surface area contributed by atoms with Crippen LogP contribution in [0.5, 0.6) is 0 Å². The van der Waals surface area contributed by atoms with Gasteiger partial charge in [0.05, 0.1) is 19.2 Å². The third kappa shape index (κ3) is 3.10. The van der Waals surface area contributed by atoms with Gasteiger partial charge in [-0.05, 0) is 12.0 Å². The molecular weight excluding hydrogens is 178 g/mol. The molecule has 14 heavy (non-hydrogen) atoms. The molecule has 1 rings (SSSR count). The molecule has 0 saturated heterocycles. The molecular formula is C11H16NO2. The van der Waals surface area contributed by atoms with Gasteiger partial charge in [-0.2, -0.15) is 0 Å². The van der Waals surface area contributed by atoms with Crippen molar-refractivity contribution in [3.63, 3.8) is 0 Å². The second-order valence-electron chi connectivity index (χ2n) is 3.31. The first-order chi connectivity index (χ1) is 6.77. The van der Waals surface area contributed by atoms with Gasteiger partial charge >= 0.3 is 0 Å². The molecule has 0 amide bonds. The van der Waals surface area contributed by atoms with Crippen LogP contribution < -0.4 is 0 Å². The number of nitrogens with zero attached hydrogens (tertiary/aromatic N) is 1. The molecule has 3 nitrogen and oxygen atoms in total. The van der Waals surface area contributed by atoms with Crippen LogP contribution in [0.3, 0.4) is 0 Å². The zero-order valence-electron chi connectivity index (χ0n) is 8.39. The van der Waals surface area contributed by atoms with Crippen molar-refractivity contribution in [2.24, 2.45) is 0 Å². The maximum Gasteiger partial charge on any atom is 0.0615 e. The Morgan fingerprint density at radius 3 is 2.50 bits per heavy atom. The van der Waals surface area contributed by atoms with Gasteiger partial charge < -0.3 is 5.11 Å². The van der Waals surface area contributed by atoms with Crippen molar-refractivity contribution in [1.29, 1.82) is 0 Å². The molecule has 0 saturated carbocycles. The van der Waals surface area contributed by atoms with Gasteiger partial charge in [0, 0.05) is 0 Å². The lowest BCUT2D eigenvalue weighted by atomic mass is 10.2. The molecule has 0 bridgehead atoms. The highest BCUT2D eigenvalue weighted by Crippen LogP contribution is 2.07. The summed E-state index contributed by atoms with van der Waals surface area (Å²) in [5, 5.41) is 21.4. The lowest BCUT2D eigenvalue weighted by Crippen LogP contribution is -2.32. The van der Waals surface area contributed by atoms with E-state index in [0.29, 0.717) is 13.0 Å². The smallest absolute Gasteiger partial charge is 0.0615 e. The molecule has 0 spiro atoms. The van der Waals surface area contributed by atoms with E-state index >= 15 is 0 Å². The van der Waals surface area contributed by atoms with Gasteiger partial charge in [0.15, 0.2) is 0 Å². The second kappa shape index (κ2) is 5.75. The standard InChI is InChI=1S/C11H16NO2/c1-2-11(9-13)12(14)8-10-6-4-3-5-7-10/h3-7,11,13H,2,8-9H2,1H3/t11-/m0/s1. The van der Waals surface area contributed by atoms with E-state index in [0.717, 1.165) is 10.6 Å². The van der Waals surface area contributed by atoms with Crippen LogP contribution in [0.4, 0.5) is 0 Å². The Bertz CT molecular complexity index is 247. The summed E-state index contributed by atoms with van der Waals surface area (Å²) in [4.78, 5) is 0. The fraction of sp³-hybridized carbons (Fsp3) is 0.455. The molecule has 0 heterocycles. The fourth-order valence-electron chi connectivity index (χ4n) is 1.32. The van der Waals surface area contributed by atoms with Crippen LogP contribution in [0, 0.1) is 0 Å². The Morgan fingerprint density at radius 1 is 1.36 bits per heavy atom. The summed E-state index contributed by atoms with van der Waals surface area (Å²) in [5.74, 6) is 0. The third-order valence-corrected chi connectivity index (χ3v) is 2.27. The average molecular weight is 194 g/mol. The first-order valence-corrected chi connectivity index (χ1v) is 4.86. The second-order valence-corrected chi connectivity index (χ2v) is 3.31. The first kappa shape index (κ1) is 11.2. The van der Waals surface area contributed by atoms with E-state index in [2.05, 4.69) is 0 Å². The van der Waals surface area contributed by atoms with Gasteiger partial charge in [0.2, 0.25) is 0 Å². The van der Waals surface area contributed by atoms with Crippen molar-refractivity contribution in [2.45, 2.75) is 25.9 Å². The third-order valence-electron chi connectivity index (χ3n) is 2.27. The number of rotatable bonds is 5. The number of hydrogen-bond acceptors (Lipinski definition) is 2. The Morgan fingerprint density at radius 2 is 2.00 bits per heavy atom. The monoisotopic (exact) mass is 194 g/mol. The predicted molar refractivity (Wildman–Crippen MR) is 53.8 cm³/mol. The van der Waals surface area contributed by atoms with E-state index in [1.807, 2.05) is 37.3 Å². The van der Waals surface area contributed by atoms with E-state index in [1.165, 1.54) is 0 Å². The molecule has 1 aromatic rings. The molecule has 0 fully saturated rings. The van der Waals surface area contributed by atoms with Crippen molar-refractivity contribution < 1.29 is 10.3 Å². The molecule has 0 aliphatic carbocycles. The molecule has 0 aliphatic rings. The van der Waals surface area contributed by atoms with Gasteiger partial charge in [0.25, 0.3) is 0 Å². The summed E-state index contributed by atoms with van der Waals surface area (Å²) >= 11 is 0. The molecule has 77 valence electrons. The van der Waals surface area contributed by atoms with Crippen LogP contribution in [-0.4, -0.2) is 22.8 Å². The maximum atomic E-state index is 11.5. The number of aliphatic hydroxyl groups is 1. The van der Waals surface area contributed by atoms with Crippen LogP contribution in [0.25, 0.3) is 0 Å². The Hall–Kier alpha value is -0.900. The lowest BCUT2D eigenvalue weighted by Gasteiger charge is -2.20. The normalized spacial score (nSPS) is 13.1. The summed E-state index contributed by atoms with van der Waals surface area (Å²) in [5.41, 5.74) is 0.981. The average Bonchev–Trinajstić information content (AvgIpc) is 2.21. The SMILES string of the molecule is CC[C@@H](CO)N([O])Cc1ccccc1. The first-order valence-electron chi connectivity index (χ1n) is 4.86. The van der Waals surface area contributed by atoms with Gasteiger partial charge in [-0.15, -0.1) is 10.3 Å². The summed E-state index contributed by atoms with van der Waals surface area (Å²) in [6, 6.07) is 9.27. The van der Waals surface area contributed by atoms with Gasteiger partial charge in [0.1, 0.15) is 0 Å².